The van der Waals surface area contributed by atoms with Crippen LogP contribution in [0.15, 0.2) is 12.4 Å². The number of nitrogens with one attached hydrogen (secondary N) is 1. The van der Waals surface area contributed by atoms with Gasteiger partial charge in [0, 0.05) is 25.0 Å². The Hall–Kier alpha value is -0.830. The van der Waals surface area contributed by atoms with E-state index in [-0.39, 0.29) is 0 Å². The SMILES string of the molecule is CCn1ccnc1CNC(C)CC(C)C. The molecule has 86 valence electrons. The molecular weight excluding hydrogens is 186 g/mol. The second-order valence-corrected chi connectivity index (χ2v) is 4.54. The van der Waals surface area contributed by atoms with Gasteiger partial charge in [0.15, 0.2) is 0 Å². The Labute approximate surface area is 92.9 Å². The molecule has 0 aliphatic rings. The predicted molar refractivity (Wildman–Crippen MR) is 63.7 cm³/mol. The Kier molecular flexibility index (Phi) is 4.82. The number of imidazole rings is 1. The van der Waals surface area contributed by atoms with Crippen molar-refractivity contribution in [2.45, 2.75) is 53.2 Å². The summed E-state index contributed by atoms with van der Waals surface area (Å²) in [5, 5.41) is 3.51. The standard InChI is InChI=1S/C12H23N3/c1-5-15-7-6-13-12(15)9-14-11(4)8-10(2)3/h6-7,10-11,14H,5,8-9H2,1-4H3. The Morgan fingerprint density at radius 2 is 2.13 bits per heavy atom. The summed E-state index contributed by atoms with van der Waals surface area (Å²) in [6, 6.07) is 0.562. The Balaban J connectivity index is 2.36. The first-order valence-corrected chi connectivity index (χ1v) is 5.86. The van der Waals surface area contributed by atoms with Gasteiger partial charge in [-0.1, -0.05) is 13.8 Å². The molecule has 1 rings (SSSR count). The Morgan fingerprint density at radius 1 is 1.40 bits per heavy atom. The van der Waals surface area contributed by atoms with Crippen LogP contribution in [-0.4, -0.2) is 15.6 Å². The number of rotatable bonds is 6. The van der Waals surface area contributed by atoms with Crippen molar-refractivity contribution in [3.63, 3.8) is 0 Å². The fourth-order valence-electron chi connectivity index (χ4n) is 1.85. The van der Waals surface area contributed by atoms with Gasteiger partial charge in [-0.3, -0.25) is 0 Å². The molecule has 1 N–H and O–H groups in total. The van der Waals surface area contributed by atoms with Gasteiger partial charge in [-0.25, -0.2) is 4.98 Å². The molecule has 15 heavy (non-hydrogen) atoms. The maximum absolute atomic E-state index is 4.34. The molecule has 1 unspecified atom stereocenters. The fraction of sp³-hybridized carbons (Fsp3) is 0.750. The third kappa shape index (κ3) is 4.04. The summed E-state index contributed by atoms with van der Waals surface area (Å²) >= 11 is 0. The molecule has 0 aliphatic heterocycles. The largest absolute Gasteiger partial charge is 0.334 e. The van der Waals surface area contributed by atoms with Crippen molar-refractivity contribution in [1.29, 1.82) is 0 Å². The van der Waals surface area contributed by atoms with Crippen molar-refractivity contribution in [1.82, 2.24) is 14.9 Å². The molecule has 0 aromatic carbocycles. The lowest BCUT2D eigenvalue weighted by Crippen LogP contribution is -2.28. The van der Waals surface area contributed by atoms with Crippen LogP contribution in [0.2, 0.25) is 0 Å². The lowest BCUT2D eigenvalue weighted by molar-refractivity contribution is 0.432. The van der Waals surface area contributed by atoms with E-state index in [9.17, 15) is 0 Å². The molecule has 0 amide bonds. The third-order valence-electron chi connectivity index (χ3n) is 2.58. The molecule has 3 nitrogen and oxygen atoms in total. The molecule has 0 spiro atoms. The second-order valence-electron chi connectivity index (χ2n) is 4.54. The van der Waals surface area contributed by atoms with Crippen LogP contribution in [0.5, 0.6) is 0 Å². The number of nitrogens with zero attached hydrogens (tertiary/aromatic N) is 2. The first kappa shape index (κ1) is 12.2. The van der Waals surface area contributed by atoms with Crippen molar-refractivity contribution in [3.05, 3.63) is 18.2 Å². The highest BCUT2D eigenvalue weighted by molar-refractivity contribution is 4.91. The molecule has 0 aliphatic carbocycles. The van der Waals surface area contributed by atoms with E-state index in [1.807, 2.05) is 12.4 Å². The van der Waals surface area contributed by atoms with E-state index in [0.29, 0.717) is 6.04 Å². The molecule has 1 heterocycles. The summed E-state index contributed by atoms with van der Waals surface area (Å²) in [4.78, 5) is 4.34. The van der Waals surface area contributed by atoms with Gasteiger partial charge in [0.1, 0.15) is 5.82 Å². The molecular formula is C12H23N3. The smallest absolute Gasteiger partial charge is 0.122 e. The van der Waals surface area contributed by atoms with Gasteiger partial charge in [0.2, 0.25) is 0 Å². The predicted octanol–water partition coefficient (Wildman–Crippen LogP) is 2.43. The van der Waals surface area contributed by atoms with E-state index in [2.05, 4.69) is 42.6 Å². The van der Waals surface area contributed by atoms with E-state index in [4.69, 9.17) is 0 Å². The van der Waals surface area contributed by atoms with Crippen LogP contribution in [0.25, 0.3) is 0 Å². The number of aryl methyl sites for hydroxylation is 1. The van der Waals surface area contributed by atoms with Crippen LogP contribution in [0, 0.1) is 5.92 Å². The van der Waals surface area contributed by atoms with Gasteiger partial charge in [-0.05, 0) is 26.2 Å². The van der Waals surface area contributed by atoms with Crippen molar-refractivity contribution < 1.29 is 0 Å². The number of hydrogen-bond acceptors (Lipinski definition) is 2. The highest BCUT2D eigenvalue weighted by Gasteiger charge is 2.06. The van der Waals surface area contributed by atoms with E-state index < -0.39 is 0 Å². The number of hydrogen-bond donors (Lipinski definition) is 1. The van der Waals surface area contributed by atoms with Gasteiger partial charge in [0.05, 0.1) is 6.54 Å². The minimum absolute atomic E-state index is 0.562. The van der Waals surface area contributed by atoms with Gasteiger partial charge in [0.25, 0.3) is 0 Å². The second kappa shape index (κ2) is 5.91. The van der Waals surface area contributed by atoms with Crippen LogP contribution in [0.1, 0.15) is 39.9 Å². The van der Waals surface area contributed by atoms with Crippen LogP contribution in [0.3, 0.4) is 0 Å². The minimum Gasteiger partial charge on any atom is -0.334 e. The Morgan fingerprint density at radius 3 is 2.73 bits per heavy atom. The topological polar surface area (TPSA) is 29.9 Å². The molecule has 0 saturated carbocycles. The fourth-order valence-corrected chi connectivity index (χ4v) is 1.85. The van der Waals surface area contributed by atoms with Crippen molar-refractivity contribution in [3.8, 4) is 0 Å². The van der Waals surface area contributed by atoms with Crippen molar-refractivity contribution in [2.75, 3.05) is 0 Å². The summed E-state index contributed by atoms with van der Waals surface area (Å²) < 4.78 is 2.18. The molecule has 0 radical (unpaired) electrons. The van der Waals surface area contributed by atoms with Crippen molar-refractivity contribution >= 4 is 0 Å². The van der Waals surface area contributed by atoms with Gasteiger partial charge < -0.3 is 9.88 Å². The van der Waals surface area contributed by atoms with E-state index in [1.165, 1.54) is 6.42 Å². The lowest BCUT2D eigenvalue weighted by atomic mass is 10.1. The molecule has 3 heteroatoms. The summed E-state index contributed by atoms with van der Waals surface area (Å²) in [6.07, 6.45) is 5.12. The summed E-state index contributed by atoms with van der Waals surface area (Å²) in [5.74, 6) is 1.88. The zero-order chi connectivity index (χ0) is 11.3. The zero-order valence-corrected chi connectivity index (χ0v) is 10.3. The van der Waals surface area contributed by atoms with Gasteiger partial charge >= 0.3 is 0 Å². The first-order chi connectivity index (χ1) is 7.13. The van der Waals surface area contributed by atoms with E-state index >= 15 is 0 Å². The van der Waals surface area contributed by atoms with Gasteiger partial charge in [-0.15, -0.1) is 0 Å². The summed E-state index contributed by atoms with van der Waals surface area (Å²) in [7, 11) is 0. The summed E-state index contributed by atoms with van der Waals surface area (Å²) in [6.45, 7) is 10.8. The minimum atomic E-state index is 0.562. The zero-order valence-electron chi connectivity index (χ0n) is 10.3. The molecule has 0 saturated heterocycles. The van der Waals surface area contributed by atoms with Crippen LogP contribution in [0.4, 0.5) is 0 Å². The highest BCUT2D eigenvalue weighted by atomic mass is 15.1. The lowest BCUT2D eigenvalue weighted by Gasteiger charge is -2.15. The molecule has 0 bridgehead atoms. The maximum Gasteiger partial charge on any atom is 0.122 e. The third-order valence-corrected chi connectivity index (χ3v) is 2.58. The van der Waals surface area contributed by atoms with Crippen molar-refractivity contribution in [2.24, 2.45) is 5.92 Å². The first-order valence-electron chi connectivity index (χ1n) is 5.86. The summed E-state index contributed by atoms with van der Waals surface area (Å²) in [5.41, 5.74) is 0. The van der Waals surface area contributed by atoms with Crippen LogP contribution in [-0.2, 0) is 13.1 Å². The Bertz CT molecular complexity index is 278. The monoisotopic (exact) mass is 209 g/mol. The van der Waals surface area contributed by atoms with E-state index in [1.54, 1.807) is 0 Å². The molecule has 1 atom stereocenters. The quantitative estimate of drug-likeness (QED) is 0.780. The maximum atomic E-state index is 4.34. The average Bonchev–Trinajstić information content (AvgIpc) is 2.60. The van der Waals surface area contributed by atoms with Crippen LogP contribution >= 0.6 is 0 Å². The molecule has 1 aromatic heterocycles. The average molecular weight is 209 g/mol. The molecule has 1 aromatic rings. The highest BCUT2D eigenvalue weighted by Crippen LogP contribution is 2.05. The normalized spacial score (nSPS) is 13.4. The van der Waals surface area contributed by atoms with Gasteiger partial charge in [-0.2, -0.15) is 0 Å². The van der Waals surface area contributed by atoms with E-state index in [0.717, 1.165) is 24.8 Å². The van der Waals surface area contributed by atoms with Crippen LogP contribution < -0.4 is 5.32 Å². The number of aromatic nitrogens is 2. The molecule has 0 fully saturated rings.